The molecule has 144 valence electrons. The van der Waals surface area contributed by atoms with Crippen LogP contribution in [0.3, 0.4) is 0 Å². The van der Waals surface area contributed by atoms with E-state index in [0.29, 0.717) is 37.0 Å². The summed E-state index contributed by atoms with van der Waals surface area (Å²) in [6, 6.07) is 7.60. The quantitative estimate of drug-likeness (QED) is 0.516. The molecule has 6 heteroatoms. The van der Waals surface area contributed by atoms with Crippen LogP contribution in [0.4, 0.5) is 0 Å². The topological polar surface area (TPSA) is 78.9 Å². The van der Waals surface area contributed by atoms with E-state index < -0.39 is 0 Å². The number of benzene rings is 1. The fourth-order valence-electron chi connectivity index (χ4n) is 2.98. The Balaban J connectivity index is 2.20. The summed E-state index contributed by atoms with van der Waals surface area (Å²) in [4.78, 5) is 36.7. The van der Waals surface area contributed by atoms with Gasteiger partial charge in [0.2, 0.25) is 23.1 Å². The van der Waals surface area contributed by atoms with Gasteiger partial charge in [-0.1, -0.05) is 24.3 Å². The van der Waals surface area contributed by atoms with Crippen LogP contribution in [-0.4, -0.2) is 38.4 Å². The Kier molecular flexibility index (Phi) is 6.93. The highest BCUT2D eigenvalue weighted by molar-refractivity contribution is 6.23. The number of rotatable bonds is 8. The number of methoxy groups -OCH3 is 2. The first kappa shape index (κ1) is 20.4. The van der Waals surface area contributed by atoms with Crippen LogP contribution in [0.15, 0.2) is 46.9 Å². The summed E-state index contributed by atoms with van der Waals surface area (Å²) in [5.41, 5.74) is 2.59. The van der Waals surface area contributed by atoms with Gasteiger partial charge in [0.25, 0.3) is 0 Å². The van der Waals surface area contributed by atoms with Crippen LogP contribution in [0.2, 0.25) is 0 Å². The minimum atomic E-state index is -0.345. The third-order valence-corrected chi connectivity index (χ3v) is 4.39. The van der Waals surface area contributed by atoms with Gasteiger partial charge in [0.15, 0.2) is 0 Å². The number of hydrogen-bond donors (Lipinski definition) is 0. The molecule has 6 nitrogen and oxygen atoms in total. The van der Waals surface area contributed by atoms with Crippen LogP contribution in [-0.2, 0) is 41.4 Å². The van der Waals surface area contributed by atoms with Crippen molar-refractivity contribution in [2.75, 3.05) is 20.8 Å². The summed E-state index contributed by atoms with van der Waals surface area (Å²) >= 11 is 0. The van der Waals surface area contributed by atoms with E-state index in [4.69, 9.17) is 14.2 Å². The van der Waals surface area contributed by atoms with Gasteiger partial charge in [-0.05, 0) is 31.4 Å². The number of ketones is 2. The molecule has 2 rings (SSSR count). The number of Topliss-reactive ketones (excluding diaryl/α,β-unsaturated/α-hetero) is 2. The molecule has 0 atom stereocenters. The molecule has 0 aliphatic heterocycles. The Morgan fingerprint density at radius 1 is 1.00 bits per heavy atom. The van der Waals surface area contributed by atoms with Crippen molar-refractivity contribution in [1.82, 2.24) is 0 Å². The van der Waals surface area contributed by atoms with Crippen LogP contribution in [0.5, 0.6) is 0 Å². The van der Waals surface area contributed by atoms with Crippen LogP contribution in [0.1, 0.15) is 31.4 Å². The molecule has 27 heavy (non-hydrogen) atoms. The second-order valence-corrected chi connectivity index (χ2v) is 6.13. The highest BCUT2D eigenvalue weighted by Gasteiger charge is 2.34. The van der Waals surface area contributed by atoms with Gasteiger partial charge in [-0.3, -0.25) is 14.4 Å². The van der Waals surface area contributed by atoms with Gasteiger partial charge >= 0.3 is 5.97 Å². The predicted molar refractivity (Wildman–Crippen MR) is 98.9 cm³/mol. The molecule has 0 radical (unpaired) electrons. The van der Waals surface area contributed by atoms with E-state index in [-0.39, 0.29) is 29.1 Å². The Morgan fingerprint density at radius 2 is 1.63 bits per heavy atom. The molecule has 0 saturated carbocycles. The average Bonchev–Trinajstić information content (AvgIpc) is 2.66. The van der Waals surface area contributed by atoms with Gasteiger partial charge < -0.3 is 14.2 Å². The fraction of sp³-hybridized carbons (Fsp3) is 0.381. The monoisotopic (exact) mass is 372 g/mol. The van der Waals surface area contributed by atoms with Crippen molar-refractivity contribution in [3.8, 4) is 0 Å². The highest BCUT2D eigenvalue weighted by Crippen LogP contribution is 2.28. The molecule has 0 saturated heterocycles. The first-order valence-corrected chi connectivity index (χ1v) is 8.77. The Morgan fingerprint density at radius 3 is 2.26 bits per heavy atom. The Labute approximate surface area is 158 Å². The first-order valence-electron chi connectivity index (χ1n) is 8.77. The summed E-state index contributed by atoms with van der Waals surface area (Å²) in [6.07, 6.45) is 1.15. The van der Waals surface area contributed by atoms with E-state index in [9.17, 15) is 14.4 Å². The van der Waals surface area contributed by atoms with E-state index in [1.54, 1.807) is 13.8 Å². The highest BCUT2D eigenvalue weighted by atomic mass is 16.5. The zero-order valence-corrected chi connectivity index (χ0v) is 16.1. The minimum Gasteiger partial charge on any atom is -0.489 e. The lowest BCUT2D eigenvalue weighted by molar-refractivity contribution is -0.143. The summed E-state index contributed by atoms with van der Waals surface area (Å²) in [5.74, 6) is -1.06. The van der Waals surface area contributed by atoms with E-state index in [1.807, 2.05) is 24.3 Å². The SMILES string of the molecule is CCOC(=O)CCc1cccc(CC2=C(C)C(=O)C(OC)=C(OC)C2=O)c1. The van der Waals surface area contributed by atoms with E-state index in [0.717, 1.165) is 11.1 Å². The maximum Gasteiger partial charge on any atom is 0.306 e. The number of ether oxygens (including phenoxy) is 3. The Bertz CT molecular complexity index is 816. The zero-order chi connectivity index (χ0) is 20.0. The number of allylic oxidation sites excluding steroid dienone is 2. The molecule has 1 aliphatic carbocycles. The van der Waals surface area contributed by atoms with Gasteiger partial charge in [-0.15, -0.1) is 0 Å². The fourth-order valence-corrected chi connectivity index (χ4v) is 2.98. The zero-order valence-electron chi connectivity index (χ0n) is 16.1. The lowest BCUT2D eigenvalue weighted by Gasteiger charge is -2.20. The number of esters is 1. The lowest BCUT2D eigenvalue weighted by Crippen LogP contribution is -2.26. The summed E-state index contributed by atoms with van der Waals surface area (Å²) in [7, 11) is 2.68. The van der Waals surface area contributed by atoms with E-state index in [2.05, 4.69) is 0 Å². The van der Waals surface area contributed by atoms with E-state index >= 15 is 0 Å². The van der Waals surface area contributed by atoms with Gasteiger partial charge in [0.05, 0.1) is 20.8 Å². The molecule has 1 aromatic carbocycles. The number of carbonyl (C=O) groups is 3. The maximum atomic E-state index is 12.7. The third kappa shape index (κ3) is 4.64. The summed E-state index contributed by atoms with van der Waals surface area (Å²) < 4.78 is 15.1. The molecule has 0 unspecified atom stereocenters. The molecule has 0 fully saturated rings. The molecular formula is C21H24O6. The van der Waals surface area contributed by atoms with Crippen LogP contribution in [0.25, 0.3) is 0 Å². The lowest BCUT2D eigenvalue weighted by atomic mass is 9.88. The van der Waals surface area contributed by atoms with Crippen molar-refractivity contribution in [3.63, 3.8) is 0 Å². The molecule has 1 aromatic rings. The van der Waals surface area contributed by atoms with Crippen molar-refractivity contribution in [3.05, 3.63) is 58.1 Å². The van der Waals surface area contributed by atoms with Gasteiger partial charge in [-0.25, -0.2) is 0 Å². The minimum absolute atomic E-state index is 0.0630. The number of carbonyl (C=O) groups excluding carboxylic acids is 3. The molecule has 0 bridgehead atoms. The average molecular weight is 372 g/mol. The second-order valence-electron chi connectivity index (χ2n) is 6.13. The first-order chi connectivity index (χ1) is 12.9. The number of aryl methyl sites for hydroxylation is 1. The molecule has 0 aromatic heterocycles. The molecule has 0 heterocycles. The van der Waals surface area contributed by atoms with Gasteiger partial charge in [-0.2, -0.15) is 0 Å². The molecule has 0 amide bonds. The second kappa shape index (κ2) is 9.16. The normalized spacial score (nSPS) is 14.5. The molecular weight excluding hydrogens is 348 g/mol. The molecule has 0 spiro atoms. The van der Waals surface area contributed by atoms with Gasteiger partial charge in [0.1, 0.15) is 0 Å². The standard InChI is InChI=1S/C21H24O6/c1-5-27-17(22)10-9-14-7-6-8-15(11-14)12-16-13(2)18(23)20(25-3)21(26-4)19(16)24/h6-8,11H,5,9-10,12H2,1-4H3. The van der Waals surface area contributed by atoms with Crippen molar-refractivity contribution in [2.24, 2.45) is 0 Å². The van der Waals surface area contributed by atoms with Crippen LogP contribution in [0, 0.1) is 0 Å². The number of hydrogen-bond acceptors (Lipinski definition) is 6. The molecule has 0 N–H and O–H groups in total. The third-order valence-electron chi connectivity index (χ3n) is 4.39. The van der Waals surface area contributed by atoms with Crippen molar-refractivity contribution in [2.45, 2.75) is 33.1 Å². The van der Waals surface area contributed by atoms with Crippen LogP contribution >= 0.6 is 0 Å². The van der Waals surface area contributed by atoms with Gasteiger partial charge in [0, 0.05) is 24.0 Å². The molecule has 1 aliphatic rings. The van der Waals surface area contributed by atoms with Crippen molar-refractivity contribution < 1.29 is 28.6 Å². The maximum absolute atomic E-state index is 12.7. The Hall–Kier alpha value is -2.89. The van der Waals surface area contributed by atoms with Crippen LogP contribution < -0.4 is 0 Å². The summed E-state index contributed by atoms with van der Waals surface area (Å²) in [6.45, 7) is 3.75. The van der Waals surface area contributed by atoms with Crippen molar-refractivity contribution in [1.29, 1.82) is 0 Å². The smallest absolute Gasteiger partial charge is 0.306 e. The van der Waals surface area contributed by atoms with Crippen molar-refractivity contribution >= 4 is 17.5 Å². The predicted octanol–water partition coefficient (Wildman–Crippen LogP) is 2.70. The van der Waals surface area contributed by atoms with E-state index in [1.165, 1.54) is 14.2 Å². The summed E-state index contributed by atoms with van der Waals surface area (Å²) in [5, 5.41) is 0. The largest absolute Gasteiger partial charge is 0.489 e.